The van der Waals surface area contributed by atoms with Crippen LogP contribution in [-0.4, -0.2) is 50.2 Å². The van der Waals surface area contributed by atoms with Crippen LogP contribution in [0.1, 0.15) is 25.3 Å². The van der Waals surface area contributed by atoms with Crippen LogP contribution in [0, 0.1) is 12.8 Å². The van der Waals surface area contributed by atoms with Gasteiger partial charge in [-0.15, -0.1) is 0 Å². The average Bonchev–Trinajstić information content (AvgIpc) is 3.32. The maximum atomic E-state index is 3.69. The highest BCUT2D eigenvalue weighted by Gasteiger charge is 2.32. The van der Waals surface area contributed by atoms with Crippen molar-refractivity contribution in [1.82, 2.24) is 10.2 Å². The van der Waals surface area contributed by atoms with Gasteiger partial charge >= 0.3 is 0 Å². The van der Waals surface area contributed by atoms with Crippen LogP contribution in [-0.2, 0) is 0 Å². The number of rotatable bonds is 6. The van der Waals surface area contributed by atoms with E-state index in [2.05, 4.69) is 53.2 Å². The zero-order valence-electron chi connectivity index (χ0n) is 13.5. The van der Waals surface area contributed by atoms with Crippen LogP contribution in [0.15, 0.2) is 24.3 Å². The van der Waals surface area contributed by atoms with Gasteiger partial charge in [0, 0.05) is 44.5 Å². The van der Waals surface area contributed by atoms with Gasteiger partial charge in [0.1, 0.15) is 0 Å². The van der Waals surface area contributed by atoms with Gasteiger partial charge in [-0.3, -0.25) is 4.90 Å². The highest BCUT2D eigenvalue weighted by atomic mass is 15.3. The zero-order chi connectivity index (χ0) is 14.7. The van der Waals surface area contributed by atoms with E-state index in [1.165, 1.54) is 43.7 Å². The molecule has 1 aromatic rings. The molecule has 0 bridgehead atoms. The number of nitrogens with zero attached hydrogens (tertiary/aromatic N) is 2. The van der Waals surface area contributed by atoms with Crippen molar-refractivity contribution in [3.8, 4) is 0 Å². The van der Waals surface area contributed by atoms with Crippen molar-refractivity contribution in [1.29, 1.82) is 0 Å². The summed E-state index contributed by atoms with van der Waals surface area (Å²) in [6.07, 6.45) is 2.86. The van der Waals surface area contributed by atoms with E-state index in [-0.39, 0.29) is 0 Å². The van der Waals surface area contributed by atoms with Crippen molar-refractivity contribution in [2.75, 3.05) is 44.2 Å². The molecule has 21 heavy (non-hydrogen) atoms. The number of nitrogens with one attached hydrogen (secondary N) is 1. The van der Waals surface area contributed by atoms with E-state index in [1.807, 2.05) is 0 Å². The Hall–Kier alpha value is -1.06. The Bertz CT molecular complexity index is 448. The van der Waals surface area contributed by atoms with E-state index in [9.17, 15) is 0 Å². The summed E-state index contributed by atoms with van der Waals surface area (Å²) in [7, 11) is 0. The fourth-order valence-electron chi connectivity index (χ4n) is 3.43. The Morgan fingerprint density at radius 2 is 1.95 bits per heavy atom. The standard InChI is InChI=1S/C18H29N3/c1-3-19-18(16-7-8-16)14-20-9-11-21(12-10-20)17-6-4-5-15(2)13-17/h4-6,13,16,18-19H,3,7-12,14H2,1-2H3. The molecule has 1 atom stereocenters. The largest absolute Gasteiger partial charge is 0.369 e. The van der Waals surface area contributed by atoms with Gasteiger partial charge in [-0.25, -0.2) is 0 Å². The van der Waals surface area contributed by atoms with Crippen molar-refractivity contribution in [3.05, 3.63) is 29.8 Å². The van der Waals surface area contributed by atoms with Gasteiger partial charge in [0.05, 0.1) is 0 Å². The SMILES string of the molecule is CCNC(CN1CCN(c2cccc(C)c2)CC1)C1CC1. The van der Waals surface area contributed by atoms with Crippen molar-refractivity contribution in [2.24, 2.45) is 5.92 Å². The van der Waals surface area contributed by atoms with Gasteiger partial charge < -0.3 is 10.2 Å². The van der Waals surface area contributed by atoms with E-state index in [0.717, 1.165) is 31.6 Å². The van der Waals surface area contributed by atoms with Gasteiger partial charge in [0.2, 0.25) is 0 Å². The smallest absolute Gasteiger partial charge is 0.0369 e. The zero-order valence-corrected chi connectivity index (χ0v) is 13.5. The first-order valence-corrected chi connectivity index (χ1v) is 8.53. The number of likely N-dealkylation sites (N-methyl/N-ethyl adjacent to an activating group) is 1. The first kappa shape index (κ1) is 14.9. The average molecular weight is 287 g/mol. The molecule has 0 aromatic heterocycles. The molecule has 1 aliphatic heterocycles. The normalized spacial score (nSPS) is 21.5. The molecule has 1 heterocycles. The van der Waals surface area contributed by atoms with Crippen molar-refractivity contribution >= 4 is 5.69 Å². The molecular weight excluding hydrogens is 258 g/mol. The van der Waals surface area contributed by atoms with Crippen molar-refractivity contribution < 1.29 is 0 Å². The molecule has 1 aromatic carbocycles. The van der Waals surface area contributed by atoms with Crippen LogP contribution < -0.4 is 10.2 Å². The predicted octanol–water partition coefficient (Wildman–Crippen LogP) is 2.51. The fraction of sp³-hybridized carbons (Fsp3) is 0.667. The molecule has 2 aliphatic rings. The molecular formula is C18H29N3. The minimum Gasteiger partial charge on any atom is -0.369 e. The molecule has 116 valence electrons. The van der Waals surface area contributed by atoms with Crippen LogP contribution in [0.2, 0.25) is 0 Å². The summed E-state index contributed by atoms with van der Waals surface area (Å²) in [5, 5.41) is 3.69. The molecule has 2 fully saturated rings. The summed E-state index contributed by atoms with van der Waals surface area (Å²) in [5.74, 6) is 0.944. The number of hydrogen-bond acceptors (Lipinski definition) is 3. The van der Waals surface area contributed by atoms with E-state index in [1.54, 1.807) is 0 Å². The monoisotopic (exact) mass is 287 g/mol. The highest BCUT2D eigenvalue weighted by molar-refractivity contribution is 5.48. The van der Waals surface area contributed by atoms with Crippen LogP contribution in [0.3, 0.4) is 0 Å². The maximum absolute atomic E-state index is 3.69. The maximum Gasteiger partial charge on any atom is 0.0369 e. The second-order valence-corrected chi connectivity index (χ2v) is 6.63. The quantitative estimate of drug-likeness (QED) is 0.867. The summed E-state index contributed by atoms with van der Waals surface area (Å²) in [6.45, 7) is 11.5. The molecule has 3 nitrogen and oxygen atoms in total. The molecule has 1 aliphatic carbocycles. The van der Waals surface area contributed by atoms with E-state index in [0.29, 0.717) is 0 Å². The Morgan fingerprint density at radius 1 is 1.19 bits per heavy atom. The minimum atomic E-state index is 0.723. The number of hydrogen-bond donors (Lipinski definition) is 1. The predicted molar refractivity (Wildman–Crippen MR) is 90.0 cm³/mol. The third-order valence-corrected chi connectivity index (χ3v) is 4.85. The van der Waals surface area contributed by atoms with Gasteiger partial charge in [-0.1, -0.05) is 19.1 Å². The molecule has 3 heteroatoms. The van der Waals surface area contributed by atoms with Gasteiger partial charge in [0.15, 0.2) is 0 Å². The number of benzene rings is 1. The second-order valence-electron chi connectivity index (χ2n) is 6.63. The van der Waals surface area contributed by atoms with E-state index in [4.69, 9.17) is 0 Å². The van der Waals surface area contributed by atoms with Gasteiger partial charge in [-0.05, 0) is 49.9 Å². The lowest BCUT2D eigenvalue weighted by atomic mass is 10.1. The highest BCUT2D eigenvalue weighted by Crippen LogP contribution is 2.33. The number of anilines is 1. The van der Waals surface area contributed by atoms with Crippen LogP contribution in [0.4, 0.5) is 5.69 Å². The molecule has 1 unspecified atom stereocenters. The molecule has 1 saturated carbocycles. The third-order valence-electron chi connectivity index (χ3n) is 4.85. The first-order chi connectivity index (χ1) is 10.3. The fourth-order valence-corrected chi connectivity index (χ4v) is 3.43. The first-order valence-electron chi connectivity index (χ1n) is 8.53. The molecule has 3 rings (SSSR count). The Balaban J connectivity index is 1.50. The van der Waals surface area contributed by atoms with Crippen LogP contribution >= 0.6 is 0 Å². The number of piperazine rings is 1. The number of aryl methyl sites for hydroxylation is 1. The van der Waals surface area contributed by atoms with Gasteiger partial charge in [0.25, 0.3) is 0 Å². The Kier molecular flexibility index (Phi) is 4.81. The lowest BCUT2D eigenvalue weighted by Gasteiger charge is -2.38. The second kappa shape index (κ2) is 6.80. The summed E-state index contributed by atoms with van der Waals surface area (Å²) < 4.78 is 0. The topological polar surface area (TPSA) is 18.5 Å². The molecule has 0 spiro atoms. The molecule has 0 amide bonds. The Labute approximate surface area is 129 Å². The van der Waals surface area contributed by atoms with Crippen molar-refractivity contribution in [3.63, 3.8) is 0 Å². The van der Waals surface area contributed by atoms with Crippen molar-refractivity contribution in [2.45, 2.75) is 32.7 Å². The lowest BCUT2D eigenvalue weighted by Crippen LogP contribution is -2.51. The molecule has 0 radical (unpaired) electrons. The summed E-state index contributed by atoms with van der Waals surface area (Å²) in [6, 6.07) is 9.62. The summed E-state index contributed by atoms with van der Waals surface area (Å²) in [5.41, 5.74) is 2.75. The summed E-state index contributed by atoms with van der Waals surface area (Å²) >= 11 is 0. The molecule has 1 saturated heterocycles. The van der Waals surface area contributed by atoms with Crippen LogP contribution in [0.25, 0.3) is 0 Å². The van der Waals surface area contributed by atoms with Gasteiger partial charge in [-0.2, -0.15) is 0 Å². The van der Waals surface area contributed by atoms with E-state index < -0.39 is 0 Å². The third kappa shape index (κ3) is 3.98. The summed E-state index contributed by atoms with van der Waals surface area (Å²) in [4.78, 5) is 5.18. The van der Waals surface area contributed by atoms with E-state index >= 15 is 0 Å². The lowest BCUT2D eigenvalue weighted by molar-refractivity contribution is 0.220. The van der Waals surface area contributed by atoms with Crippen LogP contribution in [0.5, 0.6) is 0 Å². The minimum absolute atomic E-state index is 0.723. The Morgan fingerprint density at radius 3 is 2.57 bits per heavy atom. The molecule has 1 N–H and O–H groups in total.